The number of hydrogen-bond donors (Lipinski definition) is 1. The van der Waals surface area contributed by atoms with Crippen molar-refractivity contribution in [3.8, 4) is 0 Å². The van der Waals surface area contributed by atoms with Gasteiger partial charge in [-0.05, 0) is 18.4 Å². The molecular weight excluding hydrogens is 152 g/mol. The highest BCUT2D eigenvalue weighted by Gasteiger charge is 2.19. The molecular formula is C10H18O2. The molecule has 0 aromatic rings. The quantitative estimate of drug-likeness (QED) is 0.657. The van der Waals surface area contributed by atoms with E-state index in [9.17, 15) is 5.11 Å². The number of aliphatic hydroxyl groups excluding tert-OH is 1. The second-order valence-corrected chi connectivity index (χ2v) is 3.33. The lowest BCUT2D eigenvalue weighted by Crippen LogP contribution is -2.25. The summed E-state index contributed by atoms with van der Waals surface area (Å²) in [4.78, 5) is 0. The van der Waals surface area contributed by atoms with Gasteiger partial charge in [-0.2, -0.15) is 0 Å². The Balaban J connectivity index is 2.54. The summed E-state index contributed by atoms with van der Waals surface area (Å²) in [6.45, 7) is 4.90. The summed E-state index contributed by atoms with van der Waals surface area (Å²) >= 11 is 0. The first kappa shape index (κ1) is 9.75. The van der Waals surface area contributed by atoms with Crippen molar-refractivity contribution in [1.29, 1.82) is 0 Å². The molecule has 0 aromatic carbocycles. The lowest BCUT2D eigenvalue weighted by molar-refractivity contribution is -0.0915. The van der Waals surface area contributed by atoms with Crippen LogP contribution in [0.2, 0.25) is 0 Å². The van der Waals surface area contributed by atoms with Crippen molar-refractivity contribution in [2.45, 2.75) is 39.4 Å². The smallest absolute Gasteiger partial charge is 0.177 e. The van der Waals surface area contributed by atoms with Crippen LogP contribution in [-0.2, 0) is 4.74 Å². The molecule has 2 heteroatoms. The summed E-state index contributed by atoms with van der Waals surface area (Å²) in [5.41, 5.74) is 1.04. The van der Waals surface area contributed by atoms with Crippen LogP contribution in [0, 0.1) is 5.92 Å². The van der Waals surface area contributed by atoms with E-state index in [1.807, 2.05) is 6.92 Å². The predicted octanol–water partition coefficient (Wildman–Crippen LogP) is 2.09. The zero-order chi connectivity index (χ0) is 8.97. The van der Waals surface area contributed by atoms with Crippen molar-refractivity contribution in [2.75, 3.05) is 6.61 Å². The molecule has 0 aromatic heterocycles. The maximum Gasteiger partial charge on any atom is 0.177 e. The molecule has 0 amide bonds. The first-order valence-corrected chi connectivity index (χ1v) is 4.78. The molecule has 0 radical (unpaired) electrons. The Labute approximate surface area is 74.2 Å². The van der Waals surface area contributed by atoms with E-state index >= 15 is 0 Å². The topological polar surface area (TPSA) is 29.5 Å². The maximum absolute atomic E-state index is 9.36. The van der Waals surface area contributed by atoms with Crippen LogP contribution in [-0.4, -0.2) is 18.0 Å². The van der Waals surface area contributed by atoms with Gasteiger partial charge in [-0.1, -0.05) is 26.3 Å². The molecule has 1 heterocycles. The number of rotatable bonds is 3. The molecule has 1 aliphatic rings. The zero-order valence-corrected chi connectivity index (χ0v) is 7.92. The van der Waals surface area contributed by atoms with E-state index in [0.717, 1.165) is 18.4 Å². The Bertz CT molecular complexity index is 163. The average molecular weight is 170 g/mol. The molecule has 0 fully saturated rings. The Morgan fingerprint density at radius 3 is 2.92 bits per heavy atom. The van der Waals surface area contributed by atoms with Crippen LogP contribution >= 0.6 is 0 Å². The third-order valence-corrected chi connectivity index (χ3v) is 2.30. The number of aliphatic hydroxyl groups is 1. The minimum absolute atomic E-state index is 0.522. The van der Waals surface area contributed by atoms with E-state index in [1.54, 1.807) is 0 Å². The maximum atomic E-state index is 9.36. The Morgan fingerprint density at radius 2 is 2.33 bits per heavy atom. The fraction of sp³-hybridized carbons (Fsp3) is 0.800. The molecule has 0 bridgehead atoms. The van der Waals surface area contributed by atoms with Crippen LogP contribution in [0.4, 0.5) is 0 Å². The molecule has 12 heavy (non-hydrogen) atoms. The Morgan fingerprint density at radius 1 is 1.58 bits per heavy atom. The largest absolute Gasteiger partial charge is 0.364 e. The van der Waals surface area contributed by atoms with Gasteiger partial charge in [0.25, 0.3) is 0 Å². The SMILES string of the molecule is CCCC1C=C(CC)C(O)OC1. The van der Waals surface area contributed by atoms with Gasteiger partial charge >= 0.3 is 0 Å². The number of hydrogen-bond acceptors (Lipinski definition) is 2. The molecule has 2 nitrogen and oxygen atoms in total. The van der Waals surface area contributed by atoms with Gasteiger partial charge in [0, 0.05) is 5.92 Å². The first-order valence-electron chi connectivity index (χ1n) is 4.78. The summed E-state index contributed by atoms with van der Waals surface area (Å²) in [7, 11) is 0. The van der Waals surface area contributed by atoms with E-state index in [4.69, 9.17) is 4.74 Å². The van der Waals surface area contributed by atoms with E-state index in [0.29, 0.717) is 12.5 Å². The standard InChI is InChI=1S/C10H18O2/c1-3-5-8-6-9(4-2)10(11)12-7-8/h6,8,10-11H,3-5,7H2,1-2H3. The minimum atomic E-state index is -0.636. The van der Waals surface area contributed by atoms with Crippen LogP contribution in [0.15, 0.2) is 11.6 Å². The lowest BCUT2D eigenvalue weighted by Gasteiger charge is -2.25. The van der Waals surface area contributed by atoms with Gasteiger partial charge in [0.2, 0.25) is 0 Å². The van der Waals surface area contributed by atoms with Crippen LogP contribution in [0.25, 0.3) is 0 Å². The van der Waals surface area contributed by atoms with Gasteiger partial charge in [-0.15, -0.1) is 0 Å². The van der Waals surface area contributed by atoms with Crippen molar-refractivity contribution in [3.63, 3.8) is 0 Å². The molecule has 2 atom stereocenters. The van der Waals surface area contributed by atoms with Crippen molar-refractivity contribution in [3.05, 3.63) is 11.6 Å². The van der Waals surface area contributed by atoms with Crippen molar-refractivity contribution < 1.29 is 9.84 Å². The van der Waals surface area contributed by atoms with E-state index in [1.165, 1.54) is 6.42 Å². The van der Waals surface area contributed by atoms with Gasteiger partial charge in [0.05, 0.1) is 6.61 Å². The summed E-state index contributed by atoms with van der Waals surface area (Å²) in [5.74, 6) is 0.522. The molecule has 0 saturated heterocycles. The highest BCUT2D eigenvalue weighted by Crippen LogP contribution is 2.22. The fourth-order valence-corrected chi connectivity index (χ4v) is 1.58. The third-order valence-electron chi connectivity index (χ3n) is 2.30. The molecule has 2 unspecified atom stereocenters. The first-order chi connectivity index (χ1) is 5.77. The van der Waals surface area contributed by atoms with Crippen molar-refractivity contribution >= 4 is 0 Å². The van der Waals surface area contributed by atoms with E-state index in [-0.39, 0.29) is 0 Å². The normalized spacial score (nSPS) is 30.1. The number of ether oxygens (including phenoxy) is 1. The van der Waals surface area contributed by atoms with Crippen molar-refractivity contribution in [1.82, 2.24) is 0 Å². The molecule has 1 aliphatic heterocycles. The van der Waals surface area contributed by atoms with Gasteiger partial charge in [-0.3, -0.25) is 0 Å². The molecule has 1 N–H and O–H groups in total. The minimum Gasteiger partial charge on any atom is -0.364 e. The average Bonchev–Trinajstić information content (AvgIpc) is 2.09. The Kier molecular flexibility index (Phi) is 3.76. The van der Waals surface area contributed by atoms with Crippen molar-refractivity contribution in [2.24, 2.45) is 5.92 Å². The fourth-order valence-electron chi connectivity index (χ4n) is 1.58. The van der Waals surface area contributed by atoms with E-state index in [2.05, 4.69) is 13.0 Å². The zero-order valence-electron chi connectivity index (χ0n) is 7.92. The Hall–Kier alpha value is -0.340. The summed E-state index contributed by atoms with van der Waals surface area (Å²) < 4.78 is 5.23. The van der Waals surface area contributed by atoms with E-state index < -0.39 is 6.29 Å². The van der Waals surface area contributed by atoms with Gasteiger partial charge in [0.15, 0.2) is 6.29 Å². The molecule has 0 saturated carbocycles. The molecule has 70 valence electrons. The highest BCUT2D eigenvalue weighted by atomic mass is 16.6. The molecule has 0 spiro atoms. The van der Waals surface area contributed by atoms with Crippen LogP contribution in [0.1, 0.15) is 33.1 Å². The van der Waals surface area contributed by atoms with Gasteiger partial charge < -0.3 is 9.84 Å². The second-order valence-electron chi connectivity index (χ2n) is 3.33. The summed E-state index contributed by atoms with van der Waals surface area (Å²) in [6, 6.07) is 0. The highest BCUT2D eigenvalue weighted by molar-refractivity contribution is 5.09. The second kappa shape index (κ2) is 4.63. The van der Waals surface area contributed by atoms with Crippen LogP contribution in [0.5, 0.6) is 0 Å². The molecule has 1 rings (SSSR count). The van der Waals surface area contributed by atoms with Crippen LogP contribution in [0.3, 0.4) is 0 Å². The lowest BCUT2D eigenvalue weighted by atomic mass is 9.97. The van der Waals surface area contributed by atoms with Gasteiger partial charge in [-0.25, -0.2) is 0 Å². The molecule has 0 aliphatic carbocycles. The summed E-state index contributed by atoms with van der Waals surface area (Å²) in [5, 5.41) is 9.36. The summed E-state index contributed by atoms with van der Waals surface area (Å²) in [6.07, 6.45) is 4.77. The predicted molar refractivity (Wildman–Crippen MR) is 48.7 cm³/mol. The van der Waals surface area contributed by atoms with Gasteiger partial charge in [0.1, 0.15) is 0 Å². The van der Waals surface area contributed by atoms with Crippen LogP contribution < -0.4 is 0 Å². The third kappa shape index (κ3) is 2.32. The monoisotopic (exact) mass is 170 g/mol.